The van der Waals surface area contributed by atoms with Crippen LogP contribution in [0.5, 0.6) is 0 Å². The molecule has 0 atom stereocenters. The number of hydrogen-bond donors (Lipinski definition) is 4. The number of aromatic nitrogens is 3. The van der Waals surface area contributed by atoms with Crippen LogP contribution in [0.2, 0.25) is 0 Å². The van der Waals surface area contributed by atoms with Gasteiger partial charge in [0.05, 0.1) is 5.52 Å². The second-order valence-corrected chi connectivity index (χ2v) is 5.42. The molecule has 0 radical (unpaired) electrons. The van der Waals surface area contributed by atoms with E-state index in [-0.39, 0.29) is 5.95 Å². The number of anilines is 3. The van der Waals surface area contributed by atoms with E-state index in [1.165, 1.54) is 0 Å². The molecule has 0 aliphatic heterocycles. The molecular formula is C17H19N7O. The summed E-state index contributed by atoms with van der Waals surface area (Å²) in [6.07, 6.45) is 1.73. The maximum Gasteiger partial charge on any atom is 0.326 e. The zero-order valence-electron chi connectivity index (χ0n) is 13.8. The van der Waals surface area contributed by atoms with Gasteiger partial charge < -0.3 is 16.4 Å². The molecule has 0 unspecified atom stereocenters. The van der Waals surface area contributed by atoms with E-state index in [1.54, 1.807) is 18.3 Å². The summed E-state index contributed by atoms with van der Waals surface area (Å²) in [5.41, 5.74) is 7.73. The molecule has 5 N–H and O–H groups in total. The minimum absolute atomic E-state index is 0.222. The molecule has 2 amide bonds. The summed E-state index contributed by atoms with van der Waals surface area (Å²) < 4.78 is 0. The Labute approximate surface area is 144 Å². The second kappa shape index (κ2) is 7.54. The quantitative estimate of drug-likeness (QED) is 0.567. The van der Waals surface area contributed by atoms with Crippen molar-refractivity contribution in [3.63, 3.8) is 0 Å². The maximum atomic E-state index is 12.2. The topological polar surface area (TPSA) is 118 Å². The van der Waals surface area contributed by atoms with Gasteiger partial charge in [-0.05, 0) is 31.2 Å². The molecular weight excluding hydrogens is 318 g/mol. The first-order valence-electron chi connectivity index (χ1n) is 7.86. The minimum atomic E-state index is -0.418. The number of fused-ring (bicyclic) bond motifs is 1. The van der Waals surface area contributed by atoms with Crippen LogP contribution in [0.25, 0.3) is 10.9 Å². The second-order valence-electron chi connectivity index (χ2n) is 5.42. The molecule has 8 heteroatoms. The van der Waals surface area contributed by atoms with Crippen molar-refractivity contribution >= 4 is 34.4 Å². The lowest BCUT2D eigenvalue weighted by atomic mass is 10.2. The van der Waals surface area contributed by atoms with Gasteiger partial charge in [0.25, 0.3) is 0 Å². The van der Waals surface area contributed by atoms with Gasteiger partial charge in [0.15, 0.2) is 0 Å². The first-order chi connectivity index (χ1) is 12.1. The number of nitrogens with one attached hydrogen (secondary N) is 3. The van der Waals surface area contributed by atoms with Gasteiger partial charge in [0.2, 0.25) is 5.95 Å². The van der Waals surface area contributed by atoms with Gasteiger partial charge in [-0.2, -0.15) is 4.98 Å². The van der Waals surface area contributed by atoms with Gasteiger partial charge in [0.1, 0.15) is 5.82 Å². The number of amides is 2. The number of carbonyl (C=O) groups is 1. The van der Waals surface area contributed by atoms with Crippen molar-refractivity contribution in [1.29, 1.82) is 0 Å². The Morgan fingerprint density at radius 2 is 2.04 bits per heavy atom. The molecule has 128 valence electrons. The summed E-state index contributed by atoms with van der Waals surface area (Å²) in [6.45, 7) is 2.91. The van der Waals surface area contributed by atoms with Crippen molar-refractivity contribution < 1.29 is 4.79 Å². The first kappa shape index (κ1) is 16.6. The number of nitrogens with zero attached hydrogens (tertiary/aromatic N) is 3. The van der Waals surface area contributed by atoms with E-state index in [2.05, 4.69) is 30.9 Å². The van der Waals surface area contributed by atoms with Crippen molar-refractivity contribution in [3.8, 4) is 0 Å². The van der Waals surface area contributed by atoms with E-state index < -0.39 is 6.03 Å². The van der Waals surface area contributed by atoms with Crippen molar-refractivity contribution in [2.24, 2.45) is 5.73 Å². The molecule has 3 aromatic rings. The van der Waals surface area contributed by atoms with E-state index >= 15 is 0 Å². The Morgan fingerprint density at radius 3 is 2.88 bits per heavy atom. The Bertz CT molecular complexity index is 897. The van der Waals surface area contributed by atoms with Crippen molar-refractivity contribution in [2.75, 3.05) is 29.0 Å². The SMILES string of the molecule is Cc1cc(NCCN)nc(NC(=O)Nc2ccc3ncccc3c2)n1. The third kappa shape index (κ3) is 4.39. The molecule has 0 bridgehead atoms. The molecule has 0 saturated carbocycles. The predicted octanol–water partition coefficient (Wildman–Crippen LogP) is 2.35. The number of rotatable bonds is 5. The summed E-state index contributed by atoms with van der Waals surface area (Å²) in [4.78, 5) is 24.9. The predicted molar refractivity (Wildman–Crippen MR) is 98.7 cm³/mol. The van der Waals surface area contributed by atoms with E-state index in [0.717, 1.165) is 16.6 Å². The van der Waals surface area contributed by atoms with Crippen molar-refractivity contribution in [1.82, 2.24) is 15.0 Å². The summed E-state index contributed by atoms with van der Waals surface area (Å²) >= 11 is 0. The Kier molecular flexibility index (Phi) is 5.00. The van der Waals surface area contributed by atoms with E-state index in [9.17, 15) is 4.79 Å². The highest BCUT2D eigenvalue weighted by Crippen LogP contribution is 2.17. The number of benzene rings is 1. The van der Waals surface area contributed by atoms with Crippen LogP contribution < -0.4 is 21.7 Å². The monoisotopic (exact) mass is 337 g/mol. The van der Waals surface area contributed by atoms with Gasteiger partial charge in [-0.15, -0.1) is 0 Å². The van der Waals surface area contributed by atoms with E-state index in [0.29, 0.717) is 24.6 Å². The Hall–Kier alpha value is -3.26. The molecule has 0 aliphatic rings. The highest BCUT2D eigenvalue weighted by molar-refractivity contribution is 6.00. The Morgan fingerprint density at radius 1 is 1.16 bits per heavy atom. The molecule has 0 fully saturated rings. The molecule has 8 nitrogen and oxygen atoms in total. The third-order valence-corrected chi connectivity index (χ3v) is 3.39. The highest BCUT2D eigenvalue weighted by Gasteiger charge is 2.08. The van der Waals surface area contributed by atoms with Crippen LogP contribution in [0.1, 0.15) is 5.69 Å². The van der Waals surface area contributed by atoms with Gasteiger partial charge in [-0.3, -0.25) is 10.3 Å². The number of nitrogens with two attached hydrogens (primary N) is 1. The average molecular weight is 337 g/mol. The number of urea groups is 1. The molecule has 0 spiro atoms. The van der Waals surface area contributed by atoms with Crippen LogP contribution in [-0.4, -0.2) is 34.1 Å². The fourth-order valence-electron chi connectivity index (χ4n) is 2.33. The molecule has 25 heavy (non-hydrogen) atoms. The summed E-state index contributed by atoms with van der Waals surface area (Å²) in [6, 6.07) is 10.7. The molecule has 2 heterocycles. The number of pyridine rings is 1. The molecule has 1 aromatic carbocycles. The lowest BCUT2D eigenvalue weighted by Crippen LogP contribution is -2.22. The zero-order valence-corrected chi connectivity index (χ0v) is 13.8. The van der Waals surface area contributed by atoms with Crippen molar-refractivity contribution in [3.05, 3.63) is 48.3 Å². The fourth-order valence-corrected chi connectivity index (χ4v) is 2.33. The van der Waals surface area contributed by atoms with Gasteiger partial charge in [-0.25, -0.2) is 9.78 Å². The number of aryl methyl sites for hydroxylation is 1. The van der Waals surface area contributed by atoms with Crippen LogP contribution in [0.4, 0.5) is 22.2 Å². The lowest BCUT2D eigenvalue weighted by Gasteiger charge is -2.10. The first-order valence-corrected chi connectivity index (χ1v) is 7.86. The van der Waals surface area contributed by atoms with Crippen LogP contribution in [0.3, 0.4) is 0 Å². The van der Waals surface area contributed by atoms with Gasteiger partial charge in [-0.1, -0.05) is 6.07 Å². The smallest absolute Gasteiger partial charge is 0.326 e. The average Bonchev–Trinajstić information content (AvgIpc) is 2.59. The summed E-state index contributed by atoms with van der Waals surface area (Å²) in [5, 5.41) is 9.41. The molecule has 0 aliphatic carbocycles. The normalized spacial score (nSPS) is 10.5. The standard InChI is InChI=1S/C17H19N7O/c1-11-9-15(20-8-6-18)23-16(21-11)24-17(25)22-13-4-5-14-12(10-13)3-2-7-19-14/h2-5,7,9-10H,6,8,18H2,1H3,(H3,20,21,22,23,24,25). The lowest BCUT2D eigenvalue weighted by molar-refractivity contribution is 0.262. The van der Waals surface area contributed by atoms with Gasteiger partial charge in [0, 0.05) is 42.1 Å². The highest BCUT2D eigenvalue weighted by atomic mass is 16.2. The Balaban J connectivity index is 1.70. The zero-order chi connectivity index (χ0) is 17.6. The van der Waals surface area contributed by atoms with Crippen LogP contribution in [-0.2, 0) is 0 Å². The third-order valence-electron chi connectivity index (χ3n) is 3.39. The number of hydrogen-bond acceptors (Lipinski definition) is 6. The minimum Gasteiger partial charge on any atom is -0.369 e. The fraction of sp³-hybridized carbons (Fsp3) is 0.176. The van der Waals surface area contributed by atoms with E-state index in [4.69, 9.17) is 5.73 Å². The van der Waals surface area contributed by atoms with Crippen LogP contribution in [0.15, 0.2) is 42.6 Å². The largest absolute Gasteiger partial charge is 0.369 e. The molecule has 2 aromatic heterocycles. The maximum absolute atomic E-state index is 12.2. The van der Waals surface area contributed by atoms with Gasteiger partial charge >= 0.3 is 6.03 Å². The molecule has 3 rings (SSSR count). The van der Waals surface area contributed by atoms with Crippen LogP contribution in [0, 0.1) is 6.92 Å². The summed E-state index contributed by atoms with van der Waals surface area (Å²) in [7, 11) is 0. The van der Waals surface area contributed by atoms with E-state index in [1.807, 2.05) is 31.2 Å². The van der Waals surface area contributed by atoms with Crippen LogP contribution >= 0.6 is 0 Å². The number of carbonyl (C=O) groups excluding carboxylic acids is 1. The van der Waals surface area contributed by atoms with Crippen molar-refractivity contribution in [2.45, 2.75) is 6.92 Å². The summed E-state index contributed by atoms with van der Waals surface area (Å²) in [5.74, 6) is 0.838. The molecule has 0 saturated heterocycles.